The van der Waals surface area contributed by atoms with E-state index in [1.165, 1.54) is 12.8 Å². The maximum Gasteiger partial charge on any atom is 0.163 e. The third-order valence-electron chi connectivity index (χ3n) is 2.63. The largest absolute Gasteiger partial charge is 0.384 e. The van der Waals surface area contributed by atoms with Gasteiger partial charge in [-0.25, -0.2) is 0 Å². The summed E-state index contributed by atoms with van der Waals surface area (Å²) in [4.78, 5) is 11.4. The molecule has 0 saturated heterocycles. The molecule has 0 aromatic carbocycles. The zero-order chi connectivity index (χ0) is 10.6. The SMILES string of the molecule is C=CCCC(=O)C(O)C(N)CC1CC1. The summed E-state index contributed by atoms with van der Waals surface area (Å²) in [6.45, 7) is 3.53. The Morgan fingerprint density at radius 3 is 2.79 bits per heavy atom. The lowest BCUT2D eigenvalue weighted by molar-refractivity contribution is -0.128. The van der Waals surface area contributed by atoms with E-state index in [9.17, 15) is 9.90 Å². The van der Waals surface area contributed by atoms with Crippen molar-refractivity contribution in [1.29, 1.82) is 0 Å². The first-order valence-electron chi connectivity index (χ1n) is 5.22. The van der Waals surface area contributed by atoms with E-state index in [2.05, 4.69) is 6.58 Å². The van der Waals surface area contributed by atoms with Crippen molar-refractivity contribution in [2.75, 3.05) is 0 Å². The van der Waals surface area contributed by atoms with Crippen molar-refractivity contribution in [3.05, 3.63) is 12.7 Å². The summed E-state index contributed by atoms with van der Waals surface area (Å²) in [7, 11) is 0. The first-order chi connectivity index (χ1) is 6.65. The molecule has 0 bridgehead atoms. The Morgan fingerprint density at radius 1 is 1.64 bits per heavy atom. The van der Waals surface area contributed by atoms with Gasteiger partial charge in [0, 0.05) is 12.5 Å². The van der Waals surface area contributed by atoms with Crippen LogP contribution < -0.4 is 5.73 Å². The minimum atomic E-state index is -0.976. The van der Waals surface area contributed by atoms with Gasteiger partial charge in [-0.05, 0) is 18.8 Å². The summed E-state index contributed by atoms with van der Waals surface area (Å²) in [6, 6.07) is -0.375. The van der Waals surface area contributed by atoms with E-state index in [4.69, 9.17) is 5.73 Å². The van der Waals surface area contributed by atoms with Crippen LogP contribution in [-0.4, -0.2) is 23.0 Å². The molecule has 0 aliphatic heterocycles. The van der Waals surface area contributed by atoms with Gasteiger partial charge in [0.15, 0.2) is 5.78 Å². The maximum atomic E-state index is 11.4. The Hall–Kier alpha value is -0.670. The van der Waals surface area contributed by atoms with Crippen molar-refractivity contribution < 1.29 is 9.90 Å². The number of Topliss-reactive ketones (excluding diaryl/α,β-unsaturated/α-hetero) is 1. The first-order valence-corrected chi connectivity index (χ1v) is 5.22. The van der Waals surface area contributed by atoms with Crippen LogP contribution in [0, 0.1) is 5.92 Å². The highest BCUT2D eigenvalue weighted by Crippen LogP contribution is 2.33. The van der Waals surface area contributed by atoms with Gasteiger partial charge in [-0.2, -0.15) is 0 Å². The molecule has 1 rings (SSSR count). The van der Waals surface area contributed by atoms with Gasteiger partial charge in [0.1, 0.15) is 6.10 Å². The minimum Gasteiger partial charge on any atom is -0.384 e. The molecule has 3 nitrogen and oxygen atoms in total. The second kappa shape index (κ2) is 5.27. The topological polar surface area (TPSA) is 63.3 Å². The fraction of sp³-hybridized carbons (Fsp3) is 0.727. The van der Waals surface area contributed by atoms with Crippen molar-refractivity contribution >= 4 is 5.78 Å². The van der Waals surface area contributed by atoms with Crippen molar-refractivity contribution in [3.8, 4) is 0 Å². The molecular formula is C11H19NO2. The van der Waals surface area contributed by atoms with Crippen LogP contribution in [-0.2, 0) is 4.79 Å². The Kier molecular flexibility index (Phi) is 4.29. The first kappa shape index (κ1) is 11.4. The van der Waals surface area contributed by atoms with Crippen molar-refractivity contribution in [2.24, 2.45) is 11.7 Å². The van der Waals surface area contributed by atoms with Crippen LogP contribution in [0.1, 0.15) is 32.1 Å². The van der Waals surface area contributed by atoms with Crippen LogP contribution in [0.4, 0.5) is 0 Å². The number of hydrogen-bond donors (Lipinski definition) is 2. The van der Waals surface area contributed by atoms with E-state index in [1.807, 2.05) is 0 Å². The Balaban J connectivity index is 2.25. The van der Waals surface area contributed by atoms with Gasteiger partial charge in [0.25, 0.3) is 0 Å². The van der Waals surface area contributed by atoms with Gasteiger partial charge in [-0.1, -0.05) is 18.9 Å². The fourth-order valence-corrected chi connectivity index (χ4v) is 1.50. The molecule has 2 atom stereocenters. The quantitative estimate of drug-likeness (QED) is 0.599. The normalized spacial score (nSPS) is 20.1. The summed E-state index contributed by atoms with van der Waals surface area (Å²) < 4.78 is 0. The summed E-state index contributed by atoms with van der Waals surface area (Å²) in [5.74, 6) is 0.491. The maximum absolute atomic E-state index is 11.4. The van der Waals surface area contributed by atoms with Crippen molar-refractivity contribution in [1.82, 2.24) is 0 Å². The Bertz CT molecular complexity index is 211. The highest BCUT2D eigenvalue weighted by Gasteiger charge is 2.29. The highest BCUT2D eigenvalue weighted by atomic mass is 16.3. The van der Waals surface area contributed by atoms with E-state index < -0.39 is 6.10 Å². The lowest BCUT2D eigenvalue weighted by Crippen LogP contribution is -2.40. The fourth-order valence-electron chi connectivity index (χ4n) is 1.50. The standard InChI is InChI=1S/C11H19NO2/c1-2-3-4-10(13)11(14)9(12)7-8-5-6-8/h2,8-9,11,14H,1,3-7,12H2. The van der Waals surface area contributed by atoms with E-state index in [-0.39, 0.29) is 11.8 Å². The summed E-state index contributed by atoms with van der Waals surface area (Å²) in [5.41, 5.74) is 5.73. The molecule has 3 N–H and O–H groups in total. The molecule has 0 radical (unpaired) electrons. The number of aliphatic hydroxyl groups excluding tert-OH is 1. The third kappa shape index (κ3) is 3.60. The van der Waals surface area contributed by atoms with Crippen LogP contribution in [0.25, 0.3) is 0 Å². The smallest absolute Gasteiger partial charge is 0.163 e. The highest BCUT2D eigenvalue weighted by molar-refractivity contribution is 5.83. The second-order valence-corrected chi connectivity index (χ2v) is 4.08. The molecular weight excluding hydrogens is 178 g/mol. The molecule has 0 aromatic rings. The predicted molar refractivity (Wildman–Crippen MR) is 55.8 cm³/mol. The molecule has 1 fully saturated rings. The van der Waals surface area contributed by atoms with Crippen LogP contribution >= 0.6 is 0 Å². The molecule has 0 aromatic heterocycles. The monoisotopic (exact) mass is 197 g/mol. The predicted octanol–water partition coefficient (Wildman–Crippen LogP) is 1.01. The van der Waals surface area contributed by atoms with E-state index in [0.29, 0.717) is 18.8 Å². The van der Waals surface area contributed by atoms with Gasteiger partial charge >= 0.3 is 0 Å². The lowest BCUT2D eigenvalue weighted by Gasteiger charge is -2.16. The van der Waals surface area contributed by atoms with Gasteiger partial charge < -0.3 is 10.8 Å². The van der Waals surface area contributed by atoms with Gasteiger partial charge in [-0.3, -0.25) is 4.79 Å². The number of ketones is 1. The van der Waals surface area contributed by atoms with Gasteiger partial charge in [-0.15, -0.1) is 6.58 Å². The van der Waals surface area contributed by atoms with Crippen LogP contribution in [0.5, 0.6) is 0 Å². The number of aliphatic hydroxyl groups is 1. The van der Waals surface area contributed by atoms with Gasteiger partial charge in [0.05, 0.1) is 0 Å². The molecule has 0 amide bonds. The molecule has 1 aliphatic rings. The molecule has 80 valence electrons. The average Bonchev–Trinajstić information content (AvgIpc) is 2.96. The molecule has 2 unspecified atom stereocenters. The molecule has 14 heavy (non-hydrogen) atoms. The zero-order valence-electron chi connectivity index (χ0n) is 8.48. The second-order valence-electron chi connectivity index (χ2n) is 4.08. The summed E-state index contributed by atoms with van der Waals surface area (Å²) in [5, 5.41) is 9.58. The third-order valence-corrected chi connectivity index (χ3v) is 2.63. The molecule has 3 heteroatoms. The molecule has 0 heterocycles. The minimum absolute atomic E-state index is 0.155. The van der Waals surface area contributed by atoms with E-state index >= 15 is 0 Å². The number of carbonyl (C=O) groups is 1. The molecule has 1 saturated carbocycles. The summed E-state index contributed by atoms with van der Waals surface area (Å²) >= 11 is 0. The van der Waals surface area contributed by atoms with Crippen LogP contribution in [0.2, 0.25) is 0 Å². The average molecular weight is 197 g/mol. The molecule has 0 spiro atoms. The van der Waals surface area contributed by atoms with Gasteiger partial charge in [0.2, 0.25) is 0 Å². The van der Waals surface area contributed by atoms with Crippen molar-refractivity contribution in [3.63, 3.8) is 0 Å². The van der Waals surface area contributed by atoms with Crippen LogP contribution in [0.15, 0.2) is 12.7 Å². The lowest BCUT2D eigenvalue weighted by atomic mass is 9.99. The number of nitrogens with two attached hydrogens (primary N) is 1. The summed E-state index contributed by atoms with van der Waals surface area (Å²) in [6.07, 6.45) is 4.84. The van der Waals surface area contributed by atoms with E-state index in [0.717, 1.165) is 6.42 Å². The number of carbonyl (C=O) groups excluding carboxylic acids is 1. The number of hydrogen-bond acceptors (Lipinski definition) is 3. The Labute approximate surface area is 85.0 Å². The number of allylic oxidation sites excluding steroid dienone is 1. The number of rotatable bonds is 7. The van der Waals surface area contributed by atoms with Crippen LogP contribution in [0.3, 0.4) is 0 Å². The zero-order valence-corrected chi connectivity index (χ0v) is 8.48. The molecule has 1 aliphatic carbocycles. The van der Waals surface area contributed by atoms with E-state index in [1.54, 1.807) is 6.08 Å². The van der Waals surface area contributed by atoms with Crippen molar-refractivity contribution in [2.45, 2.75) is 44.2 Å². The Morgan fingerprint density at radius 2 is 2.29 bits per heavy atom.